The minimum Gasteiger partial charge on any atom is -0.476 e. The molecule has 3 N–H and O–H groups in total. The van der Waals surface area contributed by atoms with Crippen LogP contribution in [0.2, 0.25) is 0 Å². The Morgan fingerprint density at radius 1 is 1.08 bits per heavy atom. The van der Waals surface area contributed by atoms with Gasteiger partial charge in [-0.3, -0.25) is 4.79 Å². The number of nitrogens with zero attached hydrogens (tertiary/aromatic N) is 2. The number of aromatic nitrogens is 2. The first-order valence-electron chi connectivity index (χ1n) is 11.4. The van der Waals surface area contributed by atoms with E-state index in [1.165, 1.54) is 29.8 Å². The number of ether oxygens (including phenoxy) is 1. The van der Waals surface area contributed by atoms with E-state index >= 15 is 0 Å². The van der Waals surface area contributed by atoms with Crippen LogP contribution in [0.25, 0.3) is 5.69 Å². The molecule has 0 radical (unpaired) electrons. The molecule has 1 amide bonds. The Hall–Kier alpha value is -3.70. The van der Waals surface area contributed by atoms with Gasteiger partial charge in [-0.15, -0.1) is 0 Å². The number of hydrogen-bond acceptors (Lipinski definition) is 6. The molecule has 0 unspecified atom stereocenters. The van der Waals surface area contributed by atoms with E-state index in [9.17, 15) is 23.1 Å². The third-order valence-corrected chi connectivity index (χ3v) is 6.66. The lowest BCUT2D eigenvalue weighted by atomic mass is 10.1. The second-order valence-corrected chi connectivity index (χ2v) is 10.7. The Labute approximate surface area is 210 Å². The predicted molar refractivity (Wildman–Crippen MR) is 135 cm³/mol. The molecule has 3 aromatic rings. The molecule has 0 atom stereocenters. The SMILES string of the molecule is Cc1c(C(=O)O)nn(-c2ccccc2)c1Oc1ccc(NC(=O)CC(C)C)cc1S(=O)(=O)NC(C)C. The van der Waals surface area contributed by atoms with Gasteiger partial charge in [-0.1, -0.05) is 32.0 Å². The van der Waals surface area contributed by atoms with Gasteiger partial charge in [-0.25, -0.2) is 17.9 Å². The monoisotopic (exact) mass is 514 g/mol. The highest BCUT2D eigenvalue weighted by atomic mass is 32.2. The van der Waals surface area contributed by atoms with Crippen molar-refractivity contribution in [1.82, 2.24) is 14.5 Å². The molecular formula is C25H30N4O6S. The van der Waals surface area contributed by atoms with E-state index in [0.29, 0.717) is 5.69 Å². The van der Waals surface area contributed by atoms with Crippen molar-refractivity contribution in [2.45, 2.75) is 52.0 Å². The highest BCUT2D eigenvalue weighted by Crippen LogP contribution is 2.35. The van der Waals surface area contributed by atoms with E-state index in [1.54, 1.807) is 44.2 Å². The number of para-hydroxylation sites is 1. The minimum atomic E-state index is -4.06. The molecule has 2 aromatic carbocycles. The molecule has 11 heteroatoms. The molecule has 0 aliphatic carbocycles. The number of rotatable bonds is 10. The van der Waals surface area contributed by atoms with Gasteiger partial charge in [0.05, 0.1) is 5.69 Å². The fraction of sp³-hybridized carbons (Fsp3) is 0.320. The maximum absolute atomic E-state index is 13.2. The van der Waals surface area contributed by atoms with Crippen LogP contribution in [0.4, 0.5) is 5.69 Å². The number of carboxylic acid groups (broad SMARTS) is 1. The van der Waals surface area contributed by atoms with Crippen molar-refractivity contribution in [3.05, 3.63) is 59.8 Å². The number of benzene rings is 2. The van der Waals surface area contributed by atoms with E-state index in [1.807, 2.05) is 13.8 Å². The molecule has 192 valence electrons. The van der Waals surface area contributed by atoms with E-state index < -0.39 is 22.0 Å². The van der Waals surface area contributed by atoms with Crippen molar-refractivity contribution < 1.29 is 27.9 Å². The maximum Gasteiger partial charge on any atom is 0.356 e. The Morgan fingerprint density at radius 3 is 2.33 bits per heavy atom. The van der Waals surface area contributed by atoms with Crippen LogP contribution in [-0.2, 0) is 14.8 Å². The van der Waals surface area contributed by atoms with Gasteiger partial charge < -0.3 is 15.2 Å². The van der Waals surface area contributed by atoms with Crippen LogP contribution in [0, 0.1) is 12.8 Å². The number of carboxylic acids is 1. The van der Waals surface area contributed by atoms with Crippen molar-refractivity contribution in [1.29, 1.82) is 0 Å². The summed E-state index contributed by atoms with van der Waals surface area (Å²) in [4.78, 5) is 23.8. The van der Waals surface area contributed by atoms with Gasteiger partial charge >= 0.3 is 5.97 Å². The Balaban J connectivity index is 2.13. The number of nitrogens with one attached hydrogen (secondary N) is 2. The third-order valence-electron chi connectivity index (χ3n) is 4.98. The van der Waals surface area contributed by atoms with Gasteiger partial charge in [0, 0.05) is 23.7 Å². The summed E-state index contributed by atoms with van der Waals surface area (Å²) in [7, 11) is -4.06. The van der Waals surface area contributed by atoms with Crippen LogP contribution in [0.3, 0.4) is 0 Å². The molecule has 36 heavy (non-hydrogen) atoms. The van der Waals surface area contributed by atoms with E-state index in [2.05, 4.69) is 15.1 Å². The molecule has 0 bridgehead atoms. The number of hydrogen-bond donors (Lipinski definition) is 3. The molecule has 0 fully saturated rings. The number of anilines is 1. The van der Waals surface area contributed by atoms with Crippen molar-refractivity contribution >= 4 is 27.6 Å². The second kappa shape index (κ2) is 10.9. The van der Waals surface area contributed by atoms with Crippen molar-refractivity contribution in [2.75, 3.05) is 5.32 Å². The zero-order valence-electron chi connectivity index (χ0n) is 20.8. The van der Waals surface area contributed by atoms with Crippen molar-refractivity contribution in [3.8, 4) is 17.3 Å². The molecule has 1 heterocycles. The average Bonchev–Trinajstić information content (AvgIpc) is 3.10. The van der Waals surface area contributed by atoms with E-state index in [0.717, 1.165) is 0 Å². The number of carbonyl (C=O) groups excluding carboxylic acids is 1. The van der Waals surface area contributed by atoms with E-state index in [4.69, 9.17) is 4.74 Å². The van der Waals surface area contributed by atoms with Gasteiger partial charge in [0.2, 0.25) is 21.8 Å². The first kappa shape index (κ1) is 26.9. The average molecular weight is 515 g/mol. The zero-order chi connectivity index (χ0) is 26.6. The summed E-state index contributed by atoms with van der Waals surface area (Å²) < 4.78 is 36.3. The summed E-state index contributed by atoms with van der Waals surface area (Å²) in [6.45, 7) is 8.71. The molecule has 0 spiro atoms. The molecule has 1 aromatic heterocycles. The van der Waals surface area contributed by atoms with Crippen LogP contribution in [-0.4, -0.2) is 41.2 Å². The Kier molecular flexibility index (Phi) is 8.16. The molecule has 3 rings (SSSR count). The number of amides is 1. The lowest BCUT2D eigenvalue weighted by Crippen LogP contribution is -2.30. The highest BCUT2D eigenvalue weighted by molar-refractivity contribution is 7.89. The maximum atomic E-state index is 13.2. The van der Waals surface area contributed by atoms with E-state index in [-0.39, 0.29) is 51.7 Å². The van der Waals surface area contributed by atoms with Crippen molar-refractivity contribution in [2.24, 2.45) is 5.92 Å². The predicted octanol–water partition coefficient (Wildman–Crippen LogP) is 4.34. The summed E-state index contributed by atoms with van der Waals surface area (Å²) in [5.74, 6) is -1.37. The van der Waals surface area contributed by atoms with Crippen LogP contribution < -0.4 is 14.8 Å². The van der Waals surface area contributed by atoms with Crippen LogP contribution in [0.5, 0.6) is 11.6 Å². The lowest BCUT2D eigenvalue weighted by molar-refractivity contribution is -0.116. The molecular weight excluding hydrogens is 484 g/mol. The molecule has 0 saturated heterocycles. The number of sulfonamides is 1. The fourth-order valence-corrected chi connectivity index (χ4v) is 4.89. The van der Waals surface area contributed by atoms with Gasteiger partial charge in [0.1, 0.15) is 10.6 Å². The normalized spacial score (nSPS) is 11.6. The van der Waals surface area contributed by atoms with Crippen LogP contribution in [0.1, 0.15) is 50.2 Å². The first-order chi connectivity index (χ1) is 16.9. The summed E-state index contributed by atoms with van der Waals surface area (Å²) >= 11 is 0. The van der Waals surface area contributed by atoms with Crippen molar-refractivity contribution in [3.63, 3.8) is 0 Å². The van der Waals surface area contributed by atoms with Gasteiger partial charge in [0.15, 0.2) is 5.69 Å². The second-order valence-electron chi connectivity index (χ2n) is 9.02. The summed E-state index contributed by atoms with van der Waals surface area (Å²) in [5, 5.41) is 16.5. The minimum absolute atomic E-state index is 0.0520. The highest BCUT2D eigenvalue weighted by Gasteiger charge is 2.27. The van der Waals surface area contributed by atoms with Crippen LogP contribution >= 0.6 is 0 Å². The zero-order valence-corrected chi connectivity index (χ0v) is 21.6. The smallest absolute Gasteiger partial charge is 0.356 e. The first-order valence-corrected chi connectivity index (χ1v) is 12.9. The fourth-order valence-electron chi connectivity index (χ4n) is 3.49. The largest absolute Gasteiger partial charge is 0.476 e. The lowest BCUT2D eigenvalue weighted by Gasteiger charge is -2.17. The number of carbonyl (C=O) groups is 2. The summed E-state index contributed by atoms with van der Waals surface area (Å²) in [5.41, 5.74) is 0.819. The molecule has 0 aliphatic rings. The van der Waals surface area contributed by atoms with Gasteiger partial charge in [0.25, 0.3) is 0 Å². The summed E-state index contributed by atoms with van der Waals surface area (Å²) in [6.07, 6.45) is 0.276. The molecule has 0 aliphatic heterocycles. The van der Waals surface area contributed by atoms with Crippen LogP contribution in [0.15, 0.2) is 53.4 Å². The number of aromatic carboxylic acids is 1. The quantitative estimate of drug-likeness (QED) is 0.366. The summed E-state index contributed by atoms with van der Waals surface area (Å²) in [6, 6.07) is 12.6. The van der Waals surface area contributed by atoms with Gasteiger partial charge in [-0.2, -0.15) is 9.78 Å². The third kappa shape index (κ3) is 6.29. The molecule has 0 saturated carbocycles. The Morgan fingerprint density at radius 2 is 1.75 bits per heavy atom. The molecule has 10 nitrogen and oxygen atoms in total. The standard InChI is InChI=1S/C25H30N4O6S/c1-15(2)13-22(30)26-18-11-12-20(21(14-18)36(33,34)28-16(3)4)35-24-17(5)23(25(31)32)27-29(24)19-9-7-6-8-10-19/h6-12,14-16,28H,13H2,1-5H3,(H,26,30)(H,31,32). The Bertz CT molecular complexity index is 1360. The topological polar surface area (TPSA) is 140 Å². The van der Waals surface area contributed by atoms with Gasteiger partial charge in [-0.05, 0) is 57.0 Å².